The van der Waals surface area contributed by atoms with Crippen LogP contribution >= 0.6 is 11.8 Å². The molecule has 2 N–H and O–H groups in total. The average molecular weight is 267 g/mol. The Morgan fingerprint density at radius 1 is 1.33 bits per heavy atom. The highest BCUT2D eigenvalue weighted by Crippen LogP contribution is 2.31. The molecule has 2 aliphatic rings. The van der Waals surface area contributed by atoms with Crippen LogP contribution in [0.15, 0.2) is 0 Å². The van der Waals surface area contributed by atoms with Crippen LogP contribution in [0, 0.1) is 0 Å². The molecule has 0 aliphatic carbocycles. The van der Waals surface area contributed by atoms with Gasteiger partial charge in [0.2, 0.25) is 5.95 Å². The third-order valence-corrected chi connectivity index (χ3v) is 5.16. The summed E-state index contributed by atoms with van der Waals surface area (Å²) in [6, 6.07) is 0.658. The highest BCUT2D eigenvalue weighted by atomic mass is 32.2. The van der Waals surface area contributed by atoms with E-state index in [4.69, 9.17) is 4.98 Å². The molecular weight excluding hydrogens is 246 g/mol. The Labute approximate surface area is 112 Å². The number of hydrogen-bond donors (Lipinski definition) is 2. The number of rotatable bonds is 3. The van der Waals surface area contributed by atoms with Crippen molar-refractivity contribution >= 4 is 17.7 Å². The molecule has 5 nitrogen and oxygen atoms in total. The lowest BCUT2D eigenvalue weighted by atomic mass is 10.1. The fraction of sp³-hybridized carbons (Fsp3) is 0.833. The molecule has 3 rings (SSSR count). The van der Waals surface area contributed by atoms with Gasteiger partial charge >= 0.3 is 0 Å². The van der Waals surface area contributed by atoms with Gasteiger partial charge in [0.25, 0.3) is 0 Å². The molecule has 100 valence electrons. The zero-order valence-electron chi connectivity index (χ0n) is 10.9. The van der Waals surface area contributed by atoms with Gasteiger partial charge in [-0.05, 0) is 32.1 Å². The van der Waals surface area contributed by atoms with E-state index in [0.717, 1.165) is 24.9 Å². The van der Waals surface area contributed by atoms with E-state index in [0.29, 0.717) is 12.0 Å². The van der Waals surface area contributed by atoms with Gasteiger partial charge in [0.05, 0.1) is 0 Å². The summed E-state index contributed by atoms with van der Waals surface area (Å²) in [5.41, 5.74) is 0. The Balaban J connectivity index is 1.62. The fourth-order valence-electron chi connectivity index (χ4n) is 2.71. The fourth-order valence-corrected chi connectivity index (χ4v) is 3.93. The van der Waals surface area contributed by atoms with Crippen molar-refractivity contribution in [2.24, 2.45) is 0 Å². The Morgan fingerprint density at radius 3 is 2.83 bits per heavy atom. The third kappa shape index (κ3) is 2.49. The van der Waals surface area contributed by atoms with Crippen molar-refractivity contribution < 1.29 is 0 Å². The van der Waals surface area contributed by atoms with Crippen molar-refractivity contribution in [1.29, 1.82) is 0 Å². The summed E-state index contributed by atoms with van der Waals surface area (Å²) in [5.74, 6) is 5.03. The molecule has 0 radical (unpaired) electrons. The molecule has 3 heterocycles. The van der Waals surface area contributed by atoms with Crippen LogP contribution in [0.3, 0.4) is 0 Å². The number of anilines is 1. The molecule has 1 unspecified atom stereocenters. The highest BCUT2D eigenvalue weighted by Gasteiger charge is 2.24. The van der Waals surface area contributed by atoms with E-state index in [1.165, 1.54) is 30.8 Å². The quantitative estimate of drug-likeness (QED) is 0.862. The predicted octanol–water partition coefficient (Wildman–Crippen LogP) is 1.21. The molecule has 1 aromatic rings. The molecule has 0 aromatic carbocycles. The first kappa shape index (κ1) is 12.3. The second-order valence-corrected chi connectivity index (χ2v) is 6.28. The summed E-state index contributed by atoms with van der Waals surface area (Å²) in [6.07, 6.45) is 3.60. The maximum atomic E-state index is 4.69. The molecule has 1 aromatic heterocycles. The minimum atomic E-state index is 0.589. The van der Waals surface area contributed by atoms with Gasteiger partial charge in [0.15, 0.2) is 0 Å². The Kier molecular flexibility index (Phi) is 3.75. The van der Waals surface area contributed by atoms with Gasteiger partial charge in [0, 0.05) is 30.8 Å². The molecular formula is C12H21N5S. The number of H-pyrrole nitrogens is 1. The number of nitrogens with zero attached hydrogens (tertiary/aromatic N) is 3. The molecule has 1 atom stereocenters. The number of hydrogen-bond acceptors (Lipinski definition) is 5. The second-order valence-electron chi connectivity index (χ2n) is 5.13. The van der Waals surface area contributed by atoms with Gasteiger partial charge in [0.1, 0.15) is 5.82 Å². The van der Waals surface area contributed by atoms with E-state index in [2.05, 4.69) is 20.4 Å². The number of aromatic nitrogens is 3. The van der Waals surface area contributed by atoms with Gasteiger partial charge in [-0.2, -0.15) is 16.7 Å². The molecule has 0 saturated carbocycles. The SMILES string of the molecule is CNC1CCN(c2n[nH]c(C3CCSC3)n2)CC1. The summed E-state index contributed by atoms with van der Waals surface area (Å²) < 4.78 is 0. The van der Waals surface area contributed by atoms with Crippen molar-refractivity contribution in [2.45, 2.75) is 31.2 Å². The monoisotopic (exact) mass is 267 g/mol. The standard InChI is InChI=1S/C12H21N5S/c1-13-10-2-5-17(6-3-10)12-14-11(15-16-12)9-4-7-18-8-9/h9-10,13H,2-8H2,1H3,(H,14,15,16). The van der Waals surface area contributed by atoms with Crippen LogP contribution in [0.4, 0.5) is 5.95 Å². The van der Waals surface area contributed by atoms with E-state index < -0.39 is 0 Å². The first-order valence-electron chi connectivity index (χ1n) is 6.79. The van der Waals surface area contributed by atoms with E-state index in [-0.39, 0.29) is 0 Å². The number of piperidine rings is 1. The van der Waals surface area contributed by atoms with Crippen LogP contribution < -0.4 is 10.2 Å². The second kappa shape index (κ2) is 5.48. The van der Waals surface area contributed by atoms with Crippen LogP contribution in [-0.4, -0.2) is 52.9 Å². The van der Waals surface area contributed by atoms with E-state index >= 15 is 0 Å². The minimum absolute atomic E-state index is 0.589. The van der Waals surface area contributed by atoms with Gasteiger partial charge in [-0.3, -0.25) is 5.10 Å². The highest BCUT2D eigenvalue weighted by molar-refractivity contribution is 7.99. The van der Waals surface area contributed by atoms with Crippen molar-refractivity contribution in [2.75, 3.05) is 36.5 Å². The van der Waals surface area contributed by atoms with Crippen LogP contribution in [0.25, 0.3) is 0 Å². The largest absolute Gasteiger partial charge is 0.339 e. The van der Waals surface area contributed by atoms with Crippen molar-refractivity contribution in [3.05, 3.63) is 5.82 Å². The molecule has 0 bridgehead atoms. The predicted molar refractivity (Wildman–Crippen MR) is 75.4 cm³/mol. The van der Waals surface area contributed by atoms with Gasteiger partial charge in [-0.1, -0.05) is 0 Å². The zero-order valence-corrected chi connectivity index (χ0v) is 11.7. The summed E-state index contributed by atoms with van der Waals surface area (Å²) in [4.78, 5) is 6.99. The third-order valence-electron chi connectivity index (χ3n) is 3.99. The van der Waals surface area contributed by atoms with Crippen LogP contribution in [0.1, 0.15) is 31.0 Å². The number of aromatic amines is 1. The maximum absolute atomic E-state index is 4.69. The Morgan fingerprint density at radius 2 is 2.17 bits per heavy atom. The molecule has 2 fully saturated rings. The van der Waals surface area contributed by atoms with E-state index in [1.54, 1.807) is 0 Å². The van der Waals surface area contributed by atoms with Gasteiger partial charge in [-0.15, -0.1) is 5.10 Å². The molecule has 0 amide bonds. The van der Waals surface area contributed by atoms with E-state index in [9.17, 15) is 0 Å². The van der Waals surface area contributed by atoms with Gasteiger partial charge < -0.3 is 10.2 Å². The molecule has 18 heavy (non-hydrogen) atoms. The lowest BCUT2D eigenvalue weighted by molar-refractivity contribution is 0.439. The maximum Gasteiger partial charge on any atom is 0.244 e. The molecule has 2 saturated heterocycles. The Bertz CT molecular complexity index is 380. The summed E-state index contributed by atoms with van der Waals surface area (Å²) in [7, 11) is 2.04. The smallest absolute Gasteiger partial charge is 0.244 e. The topological polar surface area (TPSA) is 56.8 Å². The van der Waals surface area contributed by atoms with Crippen molar-refractivity contribution in [1.82, 2.24) is 20.5 Å². The van der Waals surface area contributed by atoms with Crippen molar-refractivity contribution in [3.63, 3.8) is 0 Å². The normalized spacial score (nSPS) is 25.8. The summed E-state index contributed by atoms with van der Waals surface area (Å²) >= 11 is 2.02. The molecule has 6 heteroatoms. The number of nitrogens with one attached hydrogen (secondary N) is 2. The zero-order chi connectivity index (χ0) is 12.4. The minimum Gasteiger partial charge on any atom is -0.339 e. The first-order valence-corrected chi connectivity index (χ1v) is 7.94. The summed E-state index contributed by atoms with van der Waals surface area (Å²) in [6.45, 7) is 2.12. The van der Waals surface area contributed by atoms with Crippen LogP contribution in [0.5, 0.6) is 0 Å². The molecule has 0 spiro atoms. The van der Waals surface area contributed by atoms with Crippen LogP contribution in [-0.2, 0) is 0 Å². The van der Waals surface area contributed by atoms with E-state index in [1.807, 2.05) is 18.8 Å². The summed E-state index contributed by atoms with van der Waals surface area (Å²) in [5, 5.41) is 10.9. The average Bonchev–Trinajstić information content (AvgIpc) is 3.09. The van der Waals surface area contributed by atoms with Crippen LogP contribution in [0.2, 0.25) is 0 Å². The lowest BCUT2D eigenvalue weighted by Crippen LogP contribution is -2.41. The van der Waals surface area contributed by atoms with Crippen molar-refractivity contribution in [3.8, 4) is 0 Å². The first-order chi connectivity index (χ1) is 8.86. The number of thioether (sulfide) groups is 1. The Hall–Kier alpha value is -0.750. The molecule has 2 aliphatic heterocycles. The van der Waals surface area contributed by atoms with Gasteiger partial charge in [-0.25, -0.2) is 0 Å². The lowest BCUT2D eigenvalue weighted by Gasteiger charge is -2.30.